The van der Waals surface area contributed by atoms with Crippen LogP contribution in [0.1, 0.15) is 5.69 Å². The Labute approximate surface area is 85.9 Å². The average Bonchev–Trinajstić information content (AvgIpc) is 2.53. The van der Waals surface area contributed by atoms with Gasteiger partial charge in [-0.1, -0.05) is 28.1 Å². The first kappa shape index (κ1) is 8.57. The summed E-state index contributed by atoms with van der Waals surface area (Å²) in [5, 5.41) is 0. The average molecular weight is 236 g/mol. The molecule has 2 heteroatoms. The minimum atomic E-state index is 1.11. The van der Waals surface area contributed by atoms with Crippen LogP contribution in [-0.4, -0.2) is 4.98 Å². The zero-order valence-corrected chi connectivity index (χ0v) is 8.93. The molecule has 2 aromatic rings. The largest absolute Gasteiger partial charge is 0.359 e. The summed E-state index contributed by atoms with van der Waals surface area (Å²) in [6.45, 7) is 2.06. The molecular weight excluding hydrogens is 226 g/mol. The zero-order valence-electron chi connectivity index (χ0n) is 7.34. The second-order valence-electron chi connectivity index (χ2n) is 3.06. The van der Waals surface area contributed by atoms with Crippen molar-refractivity contribution in [3.05, 3.63) is 46.6 Å². The van der Waals surface area contributed by atoms with Gasteiger partial charge in [-0.25, -0.2) is 0 Å². The molecule has 13 heavy (non-hydrogen) atoms. The minimum absolute atomic E-state index is 1.11. The lowest BCUT2D eigenvalue weighted by atomic mass is 10.2. The molecular formula is C11H10BrN. The number of benzene rings is 1. The molecule has 1 aromatic carbocycles. The van der Waals surface area contributed by atoms with E-state index in [9.17, 15) is 0 Å². The van der Waals surface area contributed by atoms with Crippen LogP contribution < -0.4 is 0 Å². The lowest BCUT2D eigenvalue weighted by Crippen LogP contribution is -1.76. The van der Waals surface area contributed by atoms with E-state index >= 15 is 0 Å². The van der Waals surface area contributed by atoms with Gasteiger partial charge in [0.05, 0.1) is 0 Å². The van der Waals surface area contributed by atoms with Gasteiger partial charge in [-0.2, -0.15) is 0 Å². The Balaban J connectivity index is 2.41. The Hall–Kier alpha value is -1.02. The number of aromatic nitrogens is 1. The Morgan fingerprint density at radius 3 is 2.23 bits per heavy atom. The number of aryl methyl sites for hydroxylation is 1. The molecule has 0 aliphatic heterocycles. The third-order valence-electron chi connectivity index (χ3n) is 1.99. The van der Waals surface area contributed by atoms with Gasteiger partial charge in [-0.3, -0.25) is 0 Å². The second kappa shape index (κ2) is 3.38. The van der Waals surface area contributed by atoms with Crippen molar-refractivity contribution in [2.75, 3.05) is 0 Å². The van der Waals surface area contributed by atoms with Crippen molar-refractivity contribution in [2.24, 2.45) is 0 Å². The van der Waals surface area contributed by atoms with Gasteiger partial charge in [0.2, 0.25) is 0 Å². The van der Waals surface area contributed by atoms with Crippen LogP contribution in [0.5, 0.6) is 0 Å². The number of hydrogen-bond donors (Lipinski definition) is 1. The minimum Gasteiger partial charge on any atom is -0.359 e. The van der Waals surface area contributed by atoms with Gasteiger partial charge in [0.15, 0.2) is 0 Å². The molecule has 1 N–H and O–H groups in total. The molecule has 2 rings (SSSR count). The topological polar surface area (TPSA) is 15.8 Å². The van der Waals surface area contributed by atoms with E-state index in [0.29, 0.717) is 0 Å². The first-order chi connectivity index (χ1) is 6.25. The lowest BCUT2D eigenvalue weighted by molar-refractivity contribution is 1.27. The van der Waals surface area contributed by atoms with Gasteiger partial charge < -0.3 is 4.98 Å². The molecule has 0 atom stereocenters. The molecule has 1 aromatic heterocycles. The maximum Gasteiger partial charge on any atom is 0.0455 e. The highest BCUT2D eigenvalue weighted by Gasteiger charge is 1.98. The van der Waals surface area contributed by atoms with Crippen molar-refractivity contribution in [1.82, 2.24) is 4.98 Å². The van der Waals surface area contributed by atoms with Crippen LogP contribution in [0, 0.1) is 6.92 Å². The summed E-state index contributed by atoms with van der Waals surface area (Å²) in [5.41, 5.74) is 3.58. The molecule has 0 amide bonds. The molecule has 0 spiro atoms. The van der Waals surface area contributed by atoms with E-state index in [2.05, 4.69) is 52.1 Å². The van der Waals surface area contributed by atoms with Gasteiger partial charge in [0, 0.05) is 15.9 Å². The molecule has 0 unspecified atom stereocenters. The summed E-state index contributed by atoms with van der Waals surface area (Å²) < 4.78 is 1.11. The first-order valence-electron chi connectivity index (χ1n) is 4.17. The van der Waals surface area contributed by atoms with E-state index < -0.39 is 0 Å². The van der Waals surface area contributed by atoms with Crippen LogP contribution >= 0.6 is 15.9 Å². The summed E-state index contributed by atoms with van der Waals surface area (Å²) in [6, 6.07) is 12.5. The van der Waals surface area contributed by atoms with E-state index in [1.807, 2.05) is 12.1 Å². The van der Waals surface area contributed by atoms with Gasteiger partial charge in [-0.05, 0) is 36.8 Å². The predicted molar refractivity (Wildman–Crippen MR) is 58.7 cm³/mol. The molecule has 0 aliphatic carbocycles. The molecule has 0 radical (unpaired) electrons. The third-order valence-corrected chi connectivity index (χ3v) is 2.52. The number of nitrogens with one attached hydrogen (secondary N) is 1. The van der Waals surface area contributed by atoms with Crippen LogP contribution in [0.25, 0.3) is 11.3 Å². The lowest BCUT2D eigenvalue weighted by Gasteiger charge is -1.97. The molecule has 0 bridgehead atoms. The maximum atomic E-state index is 3.41. The van der Waals surface area contributed by atoms with Crippen molar-refractivity contribution < 1.29 is 0 Å². The van der Waals surface area contributed by atoms with Crippen molar-refractivity contribution in [1.29, 1.82) is 0 Å². The normalized spacial score (nSPS) is 10.3. The summed E-state index contributed by atoms with van der Waals surface area (Å²) >= 11 is 3.41. The molecule has 0 saturated heterocycles. The summed E-state index contributed by atoms with van der Waals surface area (Å²) in [4.78, 5) is 3.30. The Morgan fingerprint density at radius 1 is 1.00 bits per heavy atom. The molecule has 0 aliphatic rings. The maximum absolute atomic E-state index is 3.41. The Kier molecular flexibility index (Phi) is 2.23. The van der Waals surface area contributed by atoms with E-state index in [4.69, 9.17) is 0 Å². The predicted octanol–water partition coefficient (Wildman–Crippen LogP) is 3.75. The van der Waals surface area contributed by atoms with Crippen molar-refractivity contribution in [2.45, 2.75) is 6.92 Å². The number of halogens is 1. The summed E-state index contributed by atoms with van der Waals surface area (Å²) in [7, 11) is 0. The van der Waals surface area contributed by atoms with Crippen LogP contribution in [0.3, 0.4) is 0 Å². The summed E-state index contributed by atoms with van der Waals surface area (Å²) in [6.07, 6.45) is 0. The summed E-state index contributed by atoms with van der Waals surface area (Å²) in [5.74, 6) is 0. The van der Waals surface area contributed by atoms with E-state index in [0.717, 1.165) is 4.47 Å². The highest BCUT2D eigenvalue weighted by molar-refractivity contribution is 9.10. The van der Waals surface area contributed by atoms with Gasteiger partial charge >= 0.3 is 0 Å². The number of aromatic amines is 1. The van der Waals surface area contributed by atoms with E-state index in [1.165, 1.54) is 17.0 Å². The van der Waals surface area contributed by atoms with Crippen LogP contribution in [0.15, 0.2) is 40.9 Å². The molecule has 0 saturated carbocycles. The molecule has 1 nitrogen and oxygen atoms in total. The van der Waals surface area contributed by atoms with Gasteiger partial charge in [-0.15, -0.1) is 0 Å². The number of hydrogen-bond acceptors (Lipinski definition) is 0. The van der Waals surface area contributed by atoms with Crippen LogP contribution in [-0.2, 0) is 0 Å². The second-order valence-corrected chi connectivity index (χ2v) is 3.98. The van der Waals surface area contributed by atoms with Crippen molar-refractivity contribution in [3.63, 3.8) is 0 Å². The highest BCUT2D eigenvalue weighted by atomic mass is 79.9. The Bertz CT molecular complexity index is 400. The van der Waals surface area contributed by atoms with Gasteiger partial charge in [0.25, 0.3) is 0 Å². The van der Waals surface area contributed by atoms with Crippen molar-refractivity contribution in [3.8, 4) is 11.3 Å². The SMILES string of the molecule is Cc1ccc(-c2ccc(Br)cc2)[nH]1. The fourth-order valence-electron chi connectivity index (χ4n) is 1.30. The highest BCUT2D eigenvalue weighted by Crippen LogP contribution is 2.20. The smallest absolute Gasteiger partial charge is 0.0455 e. The van der Waals surface area contributed by atoms with E-state index in [1.54, 1.807) is 0 Å². The fraction of sp³-hybridized carbons (Fsp3) is 0.0909. The molecule has 0 fully saturated rings. The van der Waals surface area contributed by atoms with E-state index in [-0.39, 0.29) is 0 Å². The number of H-pyrrole nitrogens is 1. The molecule has 1 heterocycles. The first-order valence-corrected chi connectivity index (χ1v) is 4.96. The zero-order chi connectivity index (χ0) is 9.26. The Morgan fingerprint density at radius 2 is 1.69 bits per heavy atom. The fourth-order valence-corrected chi connectivity index (χ4v) is 1.57. The van der Waals surface area contributed by atoms with Gasteiger partial charge in [0.1, 0.15) is 0 Å². The van der Waals surface area contributed by atoms with Crippen LogP contribution in [0.4, 0.5) is 0 Å². The number of rotatable bonds is 1. The van der Waals surface area contributed by atoms with Crippen molar-refractivity contribution >= 4 is 15.9 Å². The van der Waals surface area contributed by atoms with Crippen LogP contribution in [0.2, 0.25) is 0 Å². The monoisotopic (exact) mass is 235 g/mol. The quantitative estimate of drug-likeness (QED) is 0.776. The standard InChI is InChI=1S/C11H10BrN/c1-8-2-7-11(13-8)9-3-5-10(12)6-4-9/h2-7,13H,1H3. The molecule has 66 valence electrons. The third kappa shape index (κ3) is 1.83.